The minimum Gasteiger partial charge on any atom is -0.344 e. The van der Waals surface area contributed by atoms with E-state index in [0.29, 0.717) is 6.04 Å². The van der Waals surface area contributed by atoms with Crippen LogP contribution < -0.4 is 5.32 Å². The number of nitrogens with one attached hydrogen (secondary N) is 1. The molecule has 92 valence electrons. The SMILES string of the molecule is CCNC(C)c1cccn1Cc1cncn1C. The molecule has 2 heterocycles. The number of aromatic nitrogens is 3. The quantitative estimate of drug-likeness (QED) is 0.855. The van der Waals surface area contributed by atoms with E-state index in [-0.39, 0.29) is 0 Å². The lowest BCUT2D eigenvalue weighted by atomic mass is 10.2. The highest BCUT2D eigenvalue weighted by molar-refractivity contribution is 5.13. The van der Waals surface area contributed by atoms with Gasteiger partial charge >= 0.3 is 0 Å². The van der Waals surface area contributed by atoms with Crippen LogP contribution in [0.3, 0.4) is 0 Å². The molecule has 0 saturated heterocycles. The van der Waals surface area contributed by atoms with Crippen molar-refractivity contribution < 1.29 is 0 Å². The van der Waals surface area contributed by atoms with Crippen molar-refractivity contribution in [2.24, 2.45) is 7.05 Å². The van der Waals surface area contributed by atoms with Crippen LogP contribution in [0.15, 0.2) is 30.9 Å². The molecule has 0 aromatic carbocycles. The van der Waals surface area contributed by atoms with Gasteiger partial charge in [-0.3, -0.25) is 0 Å². The summed E-state index contributed by atoms with van der Waals surface area (Å²) in [6.07, 6.45) is 5.88. The summed E-state index contributed by atoms with van der Waals surface area (Å²) < 4.78 is 4.33. The molecule has 0 aliphatic carbocycles. The van der Waals surface area contributed by atoms with Crippen molar-refractivity contribution in [2.45, 2.75) is 26.4 Å². The van der Waals surface area contributed by atoms with Gasteiger partial charge in [0.1, 0.15) is 0 Å². The Morgan fingerprint density at radius 3 is 2.94 bits per heavy atom. The first kappa shape index (κ1) is 11.9. The number of nitrogens with zero attached hydrogens (tertiary/aromatic N) is 3. The molecule has 17 heavy (non-hydrogen) atoms. The van der Waals surface area contributed by atoms with E-state index in [1.165, 1.54) is 11.4 Å². The maximum atomic E-state index is 4.15. The molecule has 0 amide bonds. The van der Waals surface area contributed by atoms with Gasteiger partial charge in [0.2, 0.25) is 0 Å². The Balaban J connectivity index is 2.17. The van der Waals surface area contributed by atoms with Gasteiger partial charge in [0.05, 0.1) is 18.6 Å². The summed E-state index contributed by atoms with van der Waals surface area (Å²) in [5.41, 5.74) is 2.53. The third-order valence-corrected chi connectivity index (χ3v) is 3.07. The Labute approximate surface area is 102 Å². The maximum absolute atomic E-state index is 4.15. The van der Waals surface area contributed by atoms with Gasteiger partial charge in [0, 0.05) is 31.2 Å². The molecule has 4 nitrogen and oxygen atoms in total. The van der Waals surface area contributed by atoms with E-state index in [0.717, 1.165) is 13.1 Å². The van der Waals surface area contributed by atoms with Gasteiger partial charge in [-0.25, -0.2) is 4.98 Å². The van der Waals surface area contributed by atoms with Gasteiger partial charge in [0.15, 0.2) is 0 Å². The molecule has 0 fully saturated rings. The van der Waals surface area contributed by atoms with E-state index in [1.807, 2.05) is 19.6 Å². The minimum absolute atomic E-state index is 0.378. The van der Waals surface area contributed by atoms with Crippen LogP contribution in [0.1, 0.15) is 31.3 Å². The number of imidazole rings is 1. The fourth-order valence-corrected chi connectivity index (χ4v) is 2.09. The highest BCUT2D eigenvalue weighted by Gasteiger charge is 2.09. The second-order valence-corrected chi connectivity index (χ2v) is 4.34. The predicted octanol–water partition coefficient (Wildman–Crippen LogP) is 1.94. The summed E-state index contributed by atoms with van der Waals surface area (Å²) >= 11 is 0. The zero-order valence-electron chi connectivity index (χ0n) is 10.7. The summed E-state index contributed by atoms with van der Waals surface area (Å²) in [5.74, 6) is 0. The predicted molar refractivity (Wildman–Crippen MR) is 68.8 cm³/mol. The Bertz CT molecular complexity index is 469. The molecular weight excluding hydrogens is 212 g/mol. The zero-order chi connectivity index (χ0) is 12.3. The molecule has 1 unspecified atom stereocenters. The summed E-state index contributed by atoms with van der Waals surface area (Å²) in [6.45, 7) is 6.18. The average Bonchev–Trinajstić information content (AvgIpc) is 2.90. The molecule has 0 radical (unpaired) electrons. The summed E-state index contributed by atoms with van der Waals surface area (Å²) in [5, 5.41) is 3.44. The van der Waals surface area contributed by atoms with Crippen molar-refractivity contribution in [3.8, 4) is 0 Å². The van der Waals surface area contributed by atoms with Gasteiger partial charge in [-0.15, -0.1) is 0 Å². The summed E-state index contributed by atoms with van der Waals surface area (Å²) in [6, 6.07) is 4.65. The van der Waals surface area contributed by atoms with Crippen molar-refractivity contribution >= 4 is 0 Å². The van der Waals surface area contributed by atoms with Crippen molar-refractivity contribution in [1.82, 2.24) is 19.4 Å². The normalized spacial score (nSPS) is 12.9. The molecule has 2 rings (SSSR count). The van der Waals surface area contributed by atoms with Crippen LogP contribution in [0.2, 0.25) is 0 Å². The van der Waals surface area contributed by atoms with Gasteiger partial charge in [-0.05, 0) is 25.6 Å². The number of hydrogen-bond donors (Lipinski definition) is 1. The van der Waals surface area contributed by atoms with E-state index in [4.69, 9.17) is 0 Å². The topological polar surface area (TPSA) is 34.8 Å². The van der Waals surface area contributed by atoms with Crippen LogP contribution in [0.4, 0.5) is 0 Å². The fraction of sp³-hybridized carbons (Fsp3) is 0.462. The van der Waals surface area contributed by atoms with E-state index in [2.05, 4.69) is 51.6 Å². The molecule has 0 aliphatic heterocycles. The van der Waals surface area contributed by atoms with E-state index < -0.39 is 0 Å². The van der Waals surface area contributed by atoms with Gasteiger partial charge in [0.25, 0.3) is 0 Å². The maximum Gasteiger partial charge on any atom is 0.0946 e. The van der Waals surface area contributed by atoms with Gasteiger partial charge in [-0.2, -0.15) is 0 Å². The zero-order valence-corrected chi connectivity index (χ0v) is 10.7. The second-order valence-electron chi connectivity index (χ2n) is 4.34. The van der Waals surface area contributed by atoms with E-state index in [9.17, 15) is 0 Å². The summed E-state index contributed by atoms with van der Waals surface area (Å²) in [4.78, 5) is 4.15. The molecule has 0 saturated carbocycles. The molecule has 2 aromatic rings. The molecule has 1 atom stereocenters. The first-order chi connectivity index (χ1) is 8.22. The monoisotopic (exact) mass is 232 g/mol. The molecular formula is C13H20N4. The molecule has 0 spiro atoms. The highest BCUT2D eigenvalue weighted by atomic mass is 15.1. The molecule has 2 aromatic heterocycles. The van der Waals surface area contributed by atoms with Crippen molar-refractivity contribution in [1.29, 1.82) is 0 Å². The second kappa shape index (κ2) is 5.19. The van der Waals surface area contributed by atoms with Crippen LogP contribution >= 0.6 is 0 Å². The smallest absolute Gasteiger partial charge is 0.0946 e. The van der Waals surface area contributed by atoms with Crippen LogP contribution in [0, 0.1) is 0 Å². The van der Waals surface area contributed by atoms with E-state index >= 15 is 0 Å². The first-order valence-corrected chi connectivity index (χ1v) is 6.06. The van der Waals surface area contributed by atoms with Crippen LogP contribution in [-0.4, -0.2) is 20.7 Å². The molecule has 0 bridgehead atoms. The number of hydrogen-bond acceptors (Lipinski definition) is 2. The highest BCUT2D eigenvalue weighted by Crippen LogP contribution is 2.14. The number of aryl methyl sites for hydroxylation is 1. The largest absolute Gasteiger partial charge is 0.344 e. The Hall–Kier alpha value is -1.55. The van der Waals surface area contributed by atoms with Gasteiger partial charge < -0.3 is 14.5 Å². The Morgan fingerprint density at radius 1 is 1.47 bits per heavy atom. The molecule has 4 heteroatoms. The van der Waals surface area contributed by atoms with E-state index in [1.54, 1.807) is 0 Å². The number of rotatable bonds is 5. The first-order valence-electron chi connectivity index (χ1n) is 6.06. The average molecular weight is 232 g/mol. The standard InChI is InChI=1S/C13H20N4/c1-4-15-11(2)13-6-5-7-17(13)9-12-8-14-10-16(12)3/h5-8,10-11,15H,4,9H2,1-3H3. The molecule has 1 N–H and O–H groups in total. The van der Waals surface area contributed by atoms with Gasteiger partial charge in [-0.1, -0.05) is 6.92 Å². The minimum atomic E-state index is 0.378. The third kappa shape index (κ3) is 2.58. The third-order valence-electron chi connectivity index (χ3n) is 3.07. The van der Waals surface area contributed by atoms with Crippen molar-refractivity contribution in [3.05, 3.63) is 42.2 Å². The van der Waals surface area contributed by atoms with Crippen molar-refractivity contribution in [2.75, 3.05) is 6.54 Å². The summed E-state index contributed by atoms with van der Waals surface area (Å²) in [7, 11) is 2.03. The lowest BCUT2D eigenvalue weighted by molar-refractivity contribution is 0.549. The van der Waals surface area contributed by atoms with Crippen LogP contribution in [-0.2, 0) is 13.6 Å². The van der Waals surface area contributed by atoms with Crippen molar-refractivity contribution in [3.63, 3.8) is 0 Å². The lowest BCUT2D eigenvalue weighted by Crippen LogP contribution is -2.21. The Morgan fingerprint density at radius 2 is 2.29 bits per heavy atom. The molecule has 0 aliphatic rings. The Kier molecular flexibility index (Phi) is 3.64. The van der Waals surface area contributed by atoms with Crippen LogP contribution in [0.25, 0.3) is 0 Å². The fourth-order valence-electron chi connectivity index (χ4n) is 2.09. The lowest BCUT2D eigenvalue weighted by Gasteiger charge is -2.16. The van der Waals surface area contributed by atoms with Crippen LogP contribution in [0.5, 0.6) is 0 Å².